The normalized spacial score (nSPS) is 15.4. The molecule has 1 aliphatic rings. The Hall–Kier alpha value is -1.35. The van der Waals surface area contributed by atoms with E-state index in [1.165, 1.54) is 12.7 Å². The summed E-state index contributed by atoms with van der Waals surface area (Å²) in [5, 5.41) is 3.32. The summed E-state index contributed by atoms with van der Waals surface area (Å²) in [5.41, 5.74) is 1.17. The predicted octanol–water partition coefficient (Wildman–Crippen LogP) is 2.28. The number of rotatable bonds is 6. The molecule has 0 aromatic heterocycles. The van der Waals surface area contributed by atoms with Gasteiger partial charge in [-0.3, -0.25) is 9.79 Å². The Labute approximate surface area is 167 Å². The van der Waals surface area contributed by atoms with E-state index >= 15 is 0 Å². The van der Waals surface area contributed by atoms with E-state index in [1.807, 2.05) is 18.2 Å². The minimum absolute atomic E-state index is 0. The summed E-state index contributed by atoms with van der Waals surface area (Å²) in [6, 6.07) is 10.1. The van der Waals surface area contributed by atoms with E-state index in [0.717, 1.165) is 31.9 Å². The third-order valence-corrected chi connectivity index (χ3v) is 4.18. The number of ether oxygens (including phenoxy) is 2. The number of methoxy groups -OCH3 is 1. The monoisotopic (exact) mass is 461 g/mol. The van der Waals surface area contributed by atoms with Gasteiger partial charge in [0.2, 0.25) is 0 Å². The first kappa shape index (κ1) is 21.7. The van der Waals surface area contributed by atoms with Gasteiger partial charge in [-0.15, -0.1) is 24.0 Å². The van der Waals surface area contributed by atoms with Crippen molar-refractivity contribution >= 4 is 35.9 Å². The third kappa shape index (κ3) is 7.19. The summed E-state index contributed by atoms with van der Waals surface area (Å²) in [6.45, 7) is 3.56. The van der Waals surface area contributed by atoms with Crippen LogP contribution in [0, 0.1) is 5.92 Å². The van der Waals surface area contributed by atoms with Gasteiger partial charge in [-0.2, -0.15) is 0 Å². The number of benzene rings is 1. The molecule has 1 aromatic carbocycles. The second kappa shape index (κ2) is 12.1. The van der Waals surface area contributed by atoms with Crippen molar-refractivity contribution < 1.29 is 14.3 Å². The van der Waals surface area contributed by atoms with Crippen LogP contribution in [0.4, 0.5) is 0 Å². The first-order valence-electron chi connectivity index (χ1n) is 8.39. The van der Waals surface area contributed by atoms with Crippen LogP contribution in [0.3, 0.4) is 0 Å². The number of esters is 1. The van der Waals surface area contributed by atoms with Crippen molar-refractivity contribution in [3.05, 3.63) is 35.9 Å². The molecule has 2 rings (SSSR count). The number of guanidine groups is 1. The first-order chi connectivity index (χ1) is 11.7. The zero-order valence-electron chi connectivity index (χ0n) is 14.9. The molecule has 140 valence electrons. The number of carbonyl (C=O) groups is 1. The lowest BCUT2D eigenvalue weighted by molar-refractivity contribution is -0.146. The van der Waals surface area contributed by atoms with Crippen LogP contribution in [0.1, 0.15) is 18.4 Å². The van der Waals surface area contributed by atoms with Gasteiger partial charge in [0.25, 0.3) is 0 Å². The summed E-state index contributed by atoms with van der Waals surface area (Å²) < 4.78 is 10.5. The lowest BCUT2D eigenvalue weighted by Gasteiger charge is -2.33. The van der Waals surface area contributed by atoms with E-state index in [4.69, 9.17) is 9.47 Å². The molecule has 1 saturated heterocycles. The van der Waals surface area contributed by atoms with Gasteiger partial charge in [0.15, 0.2) is 5.96 Å². The quantitative estimate of drug-likeness (QED) is 0.232. The molecule has 25 heavy (non-hydrogen) atoms. The van der Waals surface area contributed by atoms with E-state index in [1.54, 1.807) is 7.05 Å². The van der Waals surface area contributed by atoms with Gasteiger partial charge in [-0.1, -0.05) is 30.3 Å². The number of nitrogens with zero attached hydrogens (tertiary/aromatic N) is 2. The maximum absolute atomic E-state index is 11.6. The molecule has 0 saturated carbocycles. The van der Waals surface area contributed by atoms with Crippen LogP contribution >= 0.6 is 24.0 Å². The average molecular weight is 461 g/mol. The van der Waals surface area contributed by atoms with E-state index in [2.05, 4.69) is 27.3 Å². The maximum atomic E-state index is 11.6. The number of carbonyl (C=O) groups excluding carboxylic acids is 1. The number of likely N-dealkylation sites (tertiary alicyclic amines) is 1. The molecular weight excluding hydrogens is 433 g/mol. The standard InChI is InChI=1S/C18H27N3O3.HI/c1-19-18(21-11-8-16(9-12-21)17(22)23-2)20-10-13-24-14-15-6-4-3-5-7-15;/h3-7,16H,8-14H2,1-2H3,(H,19,20);1H. The Bertz CT molecular complexity index is 532. The van der Waals surface area contributed by atoms with E-state index in [-0.39, 0.29) is 35.9 Å². The Morgan fingerprint density at radius 2 is 1.96 bits per heavy atom. The van der Waals surface area contributed by atoms with Crippen molar-refractivity contribution in [1.29, 1.82) is 0 Å². The summed E-state index contributed by atoms with van der Waals surface area (Å²) >= 11 is 0. The van der Waals surface area contributed by atoms with E-state index in [9.17, 15) is 4.79 Å². The molecule has 1 aromatic rings. The van der Waals surface area contributed by atoms with Crippen LogP contribution in [0.2, 0.25) is 0 Å². The van der Waals surface area contributed by atoms with Crippen molar-refractivity contribution in [2.45, 2.75) is 19.4 Å². The largest absolute Gasteiger partial charge is 0.469 e. The smallest absolute Gasteiger partial charge is 0.308 e. The van der Waals surface area contributed by atoms with Crippen LogP contribution in [0.25, 0.3) is 0 Å². The Morgan fingerprint density at radius 1 is 1.28 bits per heavy atom. The number of nitrogens with one attached hydrogen (secondary N) is 1. The van der Waals surface area contributed by atoms with Gasteiger partial charge >= 0.3 is 5.97 Å². The van der Waals surface area contributed by atoms with Crippen LogP contribution in [0.15, 0.2) is 35.3 Å². The van der Waals surface area contributed by atoms with Crippen LogP contribution in [-0.2, 0) is 20.9 Å². The highest BCUT2D eigenvalue weighted by molar-refractivity contribution is 14.0. The molecule has 1 N–H and O–H groups in total. The fourth-order valence-corrected chi connectivity index (χ4v) is 2.83. The van der Waals surface area contributed by atoms with Gasteiger partial charge in [0, 0.05) is 26.7 Å². The average Bonchev–Trinajstić information content (AvgIpc) is 2.65. The van der Waals surface area contributed by atoms with Gasteiger partial charge in [0.05, 0.1) is 26.2 Å². The van der Waals surface area contributed by atoms with Crippen LogP contribution in [0.5, 0.6) is 0 Å². The van der Waals surface area contributed by atoms with Crippen molar-refractivity contribution in [2.75, 3.05) is 40.4 Å². The SMILES string of the molecule is CN=C(NCCOCc1ccccc1)N1CCC(C(=O)OC)CC1.I. The number of hydrogen-bond acceptors (Lipinski definition) is 4. The minimum atomic E-state index is -0.105. The van der Waals surface area contributed by atoms with E-state index < -0.39 is 0 Å². The summed E-state index contributed by atoms with van der Waals surface area (Å²) in [5.74, 6) is 0.770. The zero-order valence-corrected chi connectivity index (χ0v) is 17.3. The molecule has 0 atom stereocenters. The molecule has 1 aliphatic heterocycles. The van der Waals surface area contributed by atoms with E-state index in [0.29, 0.717) is 19.8 Å². The molecule has 0 aliphatic carbocycles. The molecule has 0 amide bonds. The third-order valence-electron chi connectivity index (χ3n) is 4.18. The maximum Gasteiger partial charge on any atom is 0.308 e. The lowest BCUT2D eigenvalue weighted by Crippen LogP contribution is -2.47. The second-order valence-corrected chi connectivity index (χ2v) is 5.80. The van der Waals surface area contributed by atoms with Gasteiger partial charge in [-0.05, 0) is 18.4 Å². The minimum Gasteiger partial charge on any atom is -0.469 e. The van der Waals surface area contributed by atoms with Gasteiger partial charge < -0.3 is 19.7 Å². The molecule has 6 nitrogen and oxygen atoms in total. The van der Waals surface area contributed by atoms with Crippen molar-refractivity contribution in [3.63, 3.8) is 0 Å². The first-order valence-corrected chi connectivity index (χ1v) is 8.39. The Morgan fingerprint density at radius 3 is 2.56 bits per heavy atom. The highest BCUT2D eigenvalue weighted by atomic mass is 127. The van der Waals surface area contributed by atoms with Crippen molar-refractivity contribution in [1.82, 2.24) is 10.2 Å². The topological polar surface area (TPSA) is 63.2 Å². The van der Waals surface area contributed by atoms with Gasteiger partial charge in [-0.25, -0.2) is 0 Å². The van der Waals surface area contributed by atoms with Crippen LogP contribution < -0.4 is 5.32 Å². The molecule has 0 spiro atoms. The highest BCUT2D eigenvalue weighted by Gasteiger charge is 2.26. The fourth-order valence-electron chi connectivity index (χ4n) is 2.83. The molecule has 1 heterocycles. The zero-order chi connectivity index (χ0) is 17.2. The van der Waals surface area contributed by atoms with Gasteiger partial charge in [0.1, 0.15) is 0 Å². The lowest BCUT2D eigenvalue weighted by atomic mass is 9.97. The molecule has 7 heteroatoms. The number of hydrogen-bond donors (Lipinski definition) is 1. The number of aliphatic imine (C=N–C) groups is 1. The summed E-state index contributed by atoms with van der Waals surface area (Å²) in [6.07, 6.45) is 1.61. The van der Waals surface area contributed by atoms with Crippen molar-refractivity contribution in [2.24, 2.45) is 10.9 Å². The molecule has 0 radical (unpaired) electrons. The van der Waals surface area contributed by atoms with Crippen LogP contribution in [-0.4, -0.2) is 57.2 Å². The predicted molar refractivity (Wildman–Crippen MR) is 109 cm³/mol. The highest BCUT2D eigenvalue weighted by Crippen LogP contribution is 2.18. The summed E-state index contributed by atoms with van der Waals surface area (Å²) in [7, 11) is 3.23. The van der Waals surface area contributed by atoms with Crippen molar-refractivity contribution in [3.8, 4) is 0 Å². The number of halogens is 1. The molecule has 1 fully saturated rings. The molecular formula is C18H28IN3O3. The summed E-state index contributed by atoms with van der Waals surface area (Å²) in [4.78, 5) is 18.1. The number of piperidine rings is 1. The second-order valence-electron chi connectivity index (χ2n) is 5.80. The molecule has 0 unspecified atom stereocenters. The fraction of sp³-hybridized carbons (Fsp3) is 0.556. The Balaban J connectivity index is 0.00000312. The molecule has 0 bridgehead atoms. The Kier molecular flexibility index (Phi) is 10.5.